The van der Waals surface area contributed by atoms with E-state index in [1.165, 1.54) is 11.8 Å². The van der Waals surface area contributed by atoms with Gasteiger partial charge in [-0.05, 0) is 25.6 Å². The maximum absolute atomic E-state index is 12.3. The Hall–Kier alpha value is -2.16. The standard InChI is InChI=1S/C13H17N3O6/c1-3-14-7-12(15(19)20)5-4-11(18)13(8-14,16(21)22)10(12)6-9(2)17/h4-5,10H,3,6-8H2,1-2H3. The SMILES string of the molecule is CCN1CC2([N+](=O)[O-])C=CC(=O)C([N+](=O)[O-])(C1)C2CC(C)=O. The number of rotatable bonds is 5. The van der Waals surface area contributed by atoms with Crippen molar-refractivity contribution in [1.29, 1.82) is 0 Å². The van der Waals surface area contributed by atoms with Gasteiger partial charge in [-0.2, -0.15) is 0 Å². The quantitative estimate of drug-likeness (QED) is 0.520. The van der Waals surface area contributed by atoms with Crippen LogP contribution >= 0.6 is 0 Å². The van der Waals surface area contributed by atoms with Crippen molar-refractivity contribution in [2.45, 2.75) is 31.3 Å². The Morgan fingerprint density at radius 2 is 2.00 bits per heavy atom. The third-order valence-electron chi connectivity index (χ3n) is 4.68. The van der Waals surface area contributed by atoms with Gasteiger partial charge >= 0.3 is 5.54 Å². The van der Waals surface area contributed by atoms with E-state index in [0.29, 0.717) is 6.54 Å². The maximum Gasteiger partial charge on any atom is 0.305 e. The highest BCUT2D eigenvalue weighted by Crippen LogP contribution is 2.45. The molecular formula is C13H17N3O6. The van der Waals surface area contributed by atoms with Gasteiger partial charge in [0.15, 0.2) is 0 Å². The lowest BCUT2D eigenvalue weighted by molar-refractivity contribution is -0.623. The van der Waals surface area contributed by atoms with Crippen molar-refractivity contribution >= 4 is 11.6 Å². The first-order valence-corrected chi connectivity index (χ1v) is 6.95. The number of nitrogens with zero attached hydrogens (tertiary/aromatic N) is 3. The fourth-order valence-electron chi connectivity index (χ4n) is 3.55. The molecule has 0 aromatic carbocycles. The molecule has 2 rings (SSSR count). The number of likely N-dealkylation sites (N-methyl/N-ethyl adjacent to an activating group) is 1. The Morgan fingerprint density at radius 3 is 2.45 bits per heavy atom. The Balaban J connectivity index is 2.71. The van der Waals surface area contributed by atoms with Crippen LogP contribution in [-0.2, 0) is 9.59 Å². The van der Waals surface area contributed by atoms with Gasteiger partial charge in [0.1, 0.15) is 11.7 Å². The molecule has 0 saturated carbocycles. The highest BCUT2D eigenvalue weighted by Gasteiger charge is 2.73. The lowest BCUT2D eigenvalue weighted by Gasteiger charge is -2.47. The van der Waals surface area contributed by atoms with E-state index in [-0.39, 0.29) is 19.5 Å². The Morgan fingerprint density at radius 1 is 1.36 bits per heavy atom. The van der Waals surface area contributed by atoms with Gasteiger partial charge in [0.25, 0.3) is 5.54 Å². The summed E-state index contributed by atoms with van der Waals surface area (Å²) in [6.45, 7) is 3.02. The Bertz CT molecular complexity index is 588. The van der Waals surface area contributed by atoms with E-state index in [0.717, 1.165) is 12.2 Å². The van der Waals surface area contributed by atoms with Crippen LogP contribution in [0.2, 0.25) is 0 Å². The highest BCUT2D eigenvalue weighted by molar-refractivity contribution is 5.99. The van der Waals surface area contributed by atoms with Gasteiger partial charge < -0.3 is 4.79 Å². The summed E-state index contributed by atoms with van der Waals surface area (Å²) in [6.07, 6.45) is 1.71. The minimum absolute atomic E-state index is 0.0478. The molecule has 1 heterocycles. The average molecular weight is 311 g/mol. The van der Waals surface area contributed by atoms with Gasteiger partial charge in [-0.15, -0.1) is 0 Å². The molecule has 0 N–H and O–H groups in total. The fourth-order valence-corrected chi connectivity index (χ4v) is 3.55. The average Bonchev–Trinajstić information content (AvgIpc) is 2.42. The van der Waals surface area contributed by atoms with Crippen LogP contribution in [0.4, 0.5) is 0 Å². The van der Waals surface area contributed by atoms with Gasteiger partial charge in [-0.3, -0.25) is 29.9 Å². The Labute approximate surface area is 126 Å². The van der Waals surface area contributed by atoms with Gasteiger partial charge in [0, 0.05) is 16.3 Å². The molecular weight excluding hydrogens is 294 g/mol. The summed E-state index contributed by atoms with van der Waals surface area (Å²) in [6, 6.07) is 0. The van der Waals surface area contributed by atoms with Gasteiger partial charge in [-0.25, -0.2) is 0 Å². The van der Waals surface area contributed by atoms with E-state index < -0.39 is 38.4 Å². The summed E-state index contributed by atoms with van der Waals surface area (Å²) in [5, 5.41) is 23.4. The van der Waals surface area contributed by atoms with Crippen molar-refractivity contribution in [2.24, 2.45) is 5.92 Å². The largest absolute Gasteiger partial charge is 0.305 e. The molecule has 9 nitrogen and oxygen atoms in total. The summed E-state index contributed by atoms with van der Waals surface area (Å²) < 4.78 is 0. The normalized spacial score (nSPS) is 34.5. The van der Waals surface area contributed by atoms with Crippen molar-refractivity contribution in [3.63, 3.8) is 0 Å². The van der Waals surface area contributed by atoms with E-state index in [1.807, 2.05) is 0 Å². The molecule has 0 spiro atoms. The molecule has 2 aliphatic rings. The van der Waals surface area contributed by atoms with E-state index in [1.54, 1.807) is 6.92 Å². The topological polar surface area (TPSA) is 124 Å². The van der Waals surface area contributed by atoms with Crippen LogP contribution in [0.1, 0.15) is 20.3 Å². The van der Waals surface area contributed by atoms with Crippen LogP contribution in [0.3, 0.4) is 0 Å². The molecule has 0 amide bonds. The number of hydrogen-bond acceptors (Lipinski definition) is 7. The predicted octanol–water partition coefficient (Wildman–Crippen LogP) is 0.0871. The van der Waals surface area contributed by atoms with Gasteiger partial charge in [0.05, 0.1) is 13.1 Å². The minimum Gasteiger partial charge on any atom is -0.300 e. The predicted molar refractivity (Wildman–Crippen MR) is 74.5 cm³/mol. The molecule has 22 heavy (non-hydrogen) atoms. The molecule has 2 bridgehead atoms. The number of likely N-dealkylation sites (tertiary alicyclic amines) is 1. The molecule has 9 heteroatoms. The summed E-state index contributed by atoms with van der Waals surface area (Å²) in [4.78, 5) is 47.4. The highest BCUT2D eigenvalue weighted by atomic mass is 16.6. The Kier molecular flexibility index (Phi) is 3.86. The van der Waals surface area contributed by atoms with E-state index >= 15 is 0 Å². The molecule has 0 radical (unpaired) electrons. The molecule has 1 fully saturated rings. The smallest absolute Gasteiger partial charge is 0.300 e. The second-order valence-corrected chi connectivity index (χ2v) is 5.89. The van der Waals surface area contributed by atoms with Crippen LogP contribution in [0, 0.1) is 26.1 Å². The maximum atomic E-state index is 12.3. The van der Waals surface area contributed by atoms with E-state index in [2.05, 4.69) is 0 Å². The van der Waals surface area contributed by atoms with Crippen molar-refractivity contribution in [2.75, 3.05) is 19.6 Å². The minimum atomic E-state index is -2.14. The molecule has 3 unspecified atom stereocenters. The summed E-state index contributed by atoms with van der Waals surface area (Å²) in [7, 11) is 0. The fraction of sp³-hybridized carbons (Fsp3) is 0.692. The molecule has 120 valence electrons. The van der Waals surface area contributed by atoms with Crippen molar-refractivity contribution < 1.29 is 19.4 Å². The van der Waals surface area contributed by atoms with Gasteiger partial charge in [0.2, 0.25) is 5.78 Å². The van der Waals surface area contributed by atoms with Crippen molar-refractivity contribution in [1.82, 2.24) is 4.90 Å². The first-order valence-electron chi connectivity index (χ1n) is 6.95. The molecule has 0 aromatic rings. The number of carbonyl (C=O) groups is 2. The number of ketones is 2. The van der Waals surface area contributed by atoms with Crippen molar-refractivity contribution in [3.05, 3.63) is 32.4 Å². The number of fused-ring (bicyclic) bond motifs is 2. The zero-order valence-electron chi connectivity index (χ0n) is 12.4. The zero-order valence-corrected chi connectivity index (χ0v) is 12.4. The number of carbonyl (C=O) groups excluding carboxylic acids is 2. The summed E-state index contributed by atoms with van der Waals surface area (Å²) >= 11 is 0. The third kappa shape index (κ3) is 2.04. The summed E-state index contributed by atoms with van der Waals surface area (Å²) in [5.41, 5.74) is -3.93. The lowest BCUT2D eigenvalue weighted by atomic mass is 9.61. The third-order valence-corrected chi connectivity index (χ3v) is 4.68. The number of Topliss-reactive ketones (excluding diaryl/α,β-unsaturated/α-hetero) is 1. The second kappa shape index (κ2) is 5.24. The van der Waals surface area contributed by atoms with Gasteiger partial charge in [-0.1, -0.05) is 6.92 Å². The zero-order chi connectivity index (χ0) is 16.7. The van der Waals surface area contributed by atoms with Crippen LogP contribution < -0.4 is 0 Å². The van der Waals surface area contributed by atoms with Crippen LogP contribution in [0.25, 0.3) is 0 Å². The first-order chi connectivity index (χ1) is 10.2. The van der Waals surface area contributed by atoms with Crippen LogP contribution in [-0.4, -0.2) is 57.0 Å². The van der Waals surface area contributed by atoms with E-state index in [4.69, 9.17) is 0 Å². The molecule has 1 saturated heterocycles. The lowest BCUT2D eigenvalue weighted by Crippen LogP contribution is -2.75. The first kappa shape index (κ1) is 16.2. The van der Waals surface area contributed by atoms with E-state index in [9.17, 15) is 29.8 Å². The monoisotopic (exact) mass is 311 g/mol. The molecule has 3 atom stereocenters. The van der Waals surface area contributed by atoms with Crippen molar-refractivity contribution in [3.8, 4) is 0 Å². The molecule has 0 aromatic heterocycles. The molecule has 1 aliphatic carbocycles. The number of nitro groups is 2. The second-order valence-electron chi connectivity index (χ2n) is 5.89. The van der Waals surface area contributed by atoms with Crippen LogP contribution in [0.15, 0.2) is 12.2 Å². The molecule has 1 aliphatic heterocycles. The summed E-state index contributed by atoms with van der Waals surface area (Å²) in [5.74, 6) is -2.46. The van der Waals surface area contributed by atoms with Crippen LogP contribution in [0.5, 0.6) is 0 Å². The number of piperidine rings is 1. The number of hydrogen-bond donors (Lipinski definition) is 0.